The summed E-state index contributed by atoms with van der Waals surface area (Å²) >= 11 is 0. The molecule has 0 bridgehead atoms. The van der Waals surface area contributed by atoms with Crippen molar-refractivity contribution in [2.45, 2.75) is 25.1 Å². The van der Waals surface area contributed by atoms with E-state index in [4.69, 9.17) is 0 Å². The van der Waals surface area contributed by atoms with Crippen molar-refractivity contribution in [1.82, 2.24) is 5.43 Å². The fourth-order valence-electron chi connectivity index (χ4n) is 0.891. The first-order valence-electron chi connectivity index (χ1n) is 3.87. The highest BCUT2D eigenvalue weighted by Crippen LogP contribution is 2.22. The van der Waals surface area contributed by atoms with Crippen LogP contribution in [0.15, 0.2) is 0 Å². The number of rotatable bonds is 5. The van der Waals surface area contributed by atoms with Gasteiger partial charge in [0.05, 0.1) is 0 Å². The van der Waals surface area contributed by atoms with Crippen molar-refractivity contribution < 1.29 is 21.6 Å². The van der Waals surface area contributed by atoms with Crippen LogP contribution in [0.5, 0.6) is 0 Å². The Kier molecular flexibility index (Phi) is 4.82. The van der Waals surface area contributed by atoms with E-state index >= 15 is 0 Å². The van der Waals surface area contributed by atoms with E-state index in [2.05, 4.69) is 5.84 Å². The molecule has 0 heterocycles. The maximum atomic E-state index is 12.0. The van der Waals surface area contributed by atoms with Gasteiger partial charge < -0.3 is 0 Å². The summed E-state index contributed by atoms with van der Waals surface area (Å²) in [4.78, 5) is 0. The second kappa shape index (κ2) is 4.94. The zero-order valence-electron chi connectivity index (χ0n) is 7.63. The molecule has 0 amide bonds. The van der Waals surface area contributed by atoms with E-state index < -0.39 is 22.1 Å². The van der Waals surface area contributed by atoms with Crippen LogP contribution in [-0.2, 0) is 9.84 Å². The lowest BCUT2D eigenvalue weighted by molar-refractivity contribution is -0.157. The highest BCUT2D eigenvalue weighted by Gasteiger charge is 2.38. The van der Waals surface area contributed by atoms with E-state index in [9.17, 15) is 21.6 Å². The lowest BCUT2D eigenvalue weighted by Gasteiger charge is -2.18. The van der Waals surface area contributed by atoms with Crippen LogP contribution in [0, 0.1) is 0 Å². The van der Waals surface area contributed by atoms with Crippen molar-refractivity contribution in [3.05, 3.63) is 0 Å². The van der Waals surface area contributed by atoms with Gasteiger partial charge in [-0.05, 0) is 12.8 Å². The lowest BCUT2D eigenvalue weighted by atomic mass is 10.2. The molecule has 0 spiro atoms. The summed E-state index contributed by atoms with van der Waals surface area (Å²) in [6, 6.07) is -1.84. The average molecular weight is 234 g/mol. The van der Waals surface area contributed by atoms with Crippen LogP contribution in [0.4, 0.5) is 13.2 Å². The summed E-state index contributed by atoms with van der Waals surface area (Å²) < 4.78 is 57.4. The van der Waals surface area contributed by atoms with Crippen LogP contribution in [0.25, 0.3) is 0 Å². The summed E-state index contributed by atoms with van der Waals surface area (Å²) in [5.74, 6) is 4.43. The van der Waals surface area contributed by atoms with Gasteiger partial charge in [-0.3, -0.25) is 5.84 Å². The number of nitrogens with two attached hydrogens (primary N) is 1. The molecule has 0 aromatic carbocycles. The average Bonchev–Trinajstić information content (AvgIpc) is 1.93. The molecule has 1 unspecified atom stereocenters. The molecule has 86 valence electrons. The molecule has 0 aromatic heterocycles. The number of hydrazine groups is 1. The first-order valence-corrected chi connectivity index (χ1v) is 5.93. The van der Waals surface area contributed by atoms with E-state index in [1.165, 1.54) is 0 Å². The lowest BCUT2D eigenvalue weighted by Crippen LogP contribution is -2.46. The van der Waals surface area contributed by atoms with E-state index in [1.54, 1.807) is 5.43 Å². The summed E-state index contributed by atoms with van der Waals surface area (Å²) in [7, 11) is -3.21. The van der Waals surface area contributed by atoms with Crippen molar-refractivity contribution in [3.63, 3.8) is 0 Å². The standard InChI is InChI=1S/C6H13F3N2O2S/c1-14(12,13)4-2-3-5(11-10)6(7,8)9/h5,11H,2-4,10H2,1H3. The molecule has 0 aliphatic heterocycles. The monoisotopic (exact) mass is 234 g/mol. The van der Waals surface area contributed by atoms with E-state index in [0.717, 1.165) is 6.26 Å². The normalized spacial score (nSPS) is 15.5. The third kappa shape index (κ3) is 6.17. The third-order valence-electron chi connectivity index (χ3n) is 1.60. The second-order valence-electron chi connectivity index (χ2n) is 3.03. The molecule has 0 radical (unpaired) electrons. The summed E-state index contributed by atoms with van der Waals surface area (Å²) in [6.07, 6.45) is -3.86. The minimum Gasteiger partial charge on any atom is -0.271 e. The molecule has 8 heteroatoms. The van der Waals surface area contributed by atoms with Crippen LogP contribution >= 0.6 is 0 Å². The SMILES string of the molecule is CS(=O)(=O)CCCC(NN)C(F)(F)F. The van der Waals surface area contributed by atoms with Crippen molar-refractivity contribution in [1.29, 1.82) is 0 Å². The predicted octanol–water partition coefficient (Wildman–Crippen LogP) is 0.205. The molecule has 0 fully saturated rings. The topological polar surface area (TPSA) is 72.2 Å². The van der Waals surface area contributed by atoms with Gasteiger partial charge in [-0.25, -0.2) is 13.8 Å². The largest absolute Gasteiger partial charge is 0.405 e. The quantitative estimate of drug-likeness (QED) is 0.526. The van der Waals surface area contributed by atoms with Gasteiger partial charge in [-0.1, -0.05) is 0 Å². The Hall–Kier alpha value is -0.340. The minimum atomic E-state index is -4.44. The van der Waals surface area contributed by atoms with E-state index in [0.29, 0.717) is 0 Å². The number of hydrogen-bond acceptors (Lipinski definition) is 4. The Morgan fingerprint density at radius 2 is 1.93 bits per heavy atom. The Bertz CT molecular complexity index is 263. The van der Waals surface area contributed by atoms with E-state index in [-0.39, 0.29) is 18.6 Å². The van der Waals surface area contributed by atoms with Crippen LogP contribution in [0.3, 0.4) is 0 Å². The Morgan fingerprint density at radius 3 is 2.21 bits per heavy atom. The highest BCUT2D eigenvalue weighted by molar-refractivity contribution is 7.90. The van der Waals surface area contributed by atoms with Gasteiger partial charge >= 0.3 is 6.18 Å². The molecule has 0 aromatic rings. The molecule has 0 aliphatic carbocycles. The zero-order valence-corrected chi connectivity index (χ0v) is 8.45. The van der Waals surface area contributed by atoms with Gasteiger partial charge in [0, 0.05) is 12.0 Å². The fraction of sp³-hybridized carbons (Fsp3) is 1.00. The second-order valence-corrected chi connectivity index (χ2v) is 5.29. The van der Waals surface area contributed by atoms with E-state index in [1.807, 2.05) is 0 Å². The predicted molar refractivity (Wildman–Crippen MR) is 46.1 cm³/mol. The molecular formula is C6H13F3N2O2S. The number of alkyl halides is 3. The molecule has 0 saturated carbocycles. The van der Waals surface area contributed by atoms with Crippen LogP contribution < -0.4 is 11.3 Å². The molecule has 0 rings (SSSR count). The Morgan fingerprint density at radius 1 is 1.43 bits per heavy atom. The smallest absolute Gasteiger partial charge is 0.271 e. The maximum absolute atomic E-state index is 12.0. The number of halogens is 3. The molecule has 0 saturated heterocycles. The number of nitrogens with one attached hydrogen (secondary N) is 1. The summed E-state index contributed by atoms with van der Waals surface area (Å²) in [6.45, 7) is 0. The summed E-state index contributed by atoms with van der Waals surface area (Å²) in [5, 5.41) is 0. The van der Waals surface area contributed by atoms with Crippen LogP contribution in [0.1, 0.15) is 12.8 Å². The van der Waals surface area contributed by atoms with Crippen molar-refractivity contribution in [3.8, 4) is 0 Å². The Balaban J connectivity index is 3.99. The summed E-state index contributed by atoms with van der Waals surface area (Å²) in [5.41, 5.74) is 1.61. The van der Waals surface area contributed by atoms with Gasteiger partial charge in [-0.15, -0.1) is 0 Å². The van der Waals surface area contributed by atoms with Gasteiger partial charge in [0.1, 0.15) is 15.9 Å². The Labute approximate surface area is 80.5 Å². The zero-order chi connectivity index (χ0) is 11.4. The van der Waals surface area contributed by atoms with Crippen LogP contribution in [-0.4, -0.2) is 32.6 Å². The molecule has 0 aliphatic rings. The molecule has 3 N–H and O–H groups in total. The van der Waals surface area contributed by atoms with Gasteiger partial charge in [0.15, 0.2) is 0 Å². The van der Waals surface area contributed by atoms with Gasteiger partial charge in [0.25, 0.3) is 0 Å². The highest BCUT2D eigenvalue weighted by atomic mass is 32.2. The number of hydrogen-bond donors (Lipinski definition) is 2. The molecule has 4 nitrogen and oxygen atoms in total. The first-order chi connectivity index (χ1) is 6.17. The van der Waals surface area contributed by atoms with Crippen LogP contribution in [0.2, 0.25) is 0 Å². The fourth-order valence-corrected chi connectivity index (χ4v) is 1.58. The minimum absolute atomic E-state index is 0.0623. The first kappa shape index (κ1) is 13.7. The van der Waals surface area contributed by atoms with Gasteiger partial charge in [-0.2, -0.15) is 13.2 Å². The van der Waals surface area contributed by atoms with Crippen molar-refractivity contribution >= 4 is 9.84 Å². The van der Waals surface area contributed by atoms with Gasteiger partial charge in [0.2, 0.25) is 0 Å². The molecule has 14 heavy (non-hydrogen) atoms. The number of sulfone groups is 1. The van der Waals surface area contributed by atoms with Crippen molar-refractivity contribution in [2.24, 2.45) is 5.84 Å². The maximum Gasteiger partial charge on any atom is 0.405 e. The van der Waals surface area contributed by atoms with Crippen molar-refractivity contribution in [2.75, 3.05) is 12.0 Å². The molecular weight excluding hydrogens is 221 g/mol. The third-order valence-corrected chi connectivity index (χ3v) is 2.63. The molecule has 1 atom stereocenters.